The molecular formula is C38H50N5O8S+. The summed E-state index contributed by atoms with van der Waals surface area (Å²) in [5.74, 6) is -1.77. The van der Waals surface area contributed by atoms with Crippen LogP contribution in [0.2, 0.25) is 0 Å². The van der Waals surface area contributed by atoms with Gasteiger partial charge in [0.2, 0.25) is 18.4 Å². The van der Waals surface area contributed by atoms with Crippen molar-refractivity contribution in [1.82, 2.24) is 20.9 Å². The summed E-state index contributed by atoms with van der Waals surface area (Å²) in [6, 6.07) is 13.4. The van der Waals surface area contributed by atoms with E-state index in [4.69, 9.17) is 9.47 Å². The highest BCUT2D eigenvalue weighted by molar-refractivity contribution is 7.99. The maximum absolute atomic E-state index is 13.8. The minimum atomic E-state index is -1.66. The second kappa shape index (κ2) is 18.2. The number of aliphatic hydroxyl groups excluding tert-OH is 1. The van der Waals surface area contributed by atoms with Crippen LogP contribution in [0.15, 0.2) is 67.0 Å². The predicted octanol–water partition coefficient (Wildman–Crippen LogP) is 2.11. The number of nitrogens with one attached hydrogen (secondary N) is 3. The lowest BCUT2D eigenvalue weighted by molar-refractivity contribution is -0.684. The van der Waals surface area contributed by atoms with Crippen LogP contribution in [-0.2, 0) is 41.7 Å². The zero-order chi connectivity index (χ0) is 38.0. The van der Waals surface area contributed by atoms with E-state index < -0.39 is 47.5 Å². The van der Waals surface area contributed by atoms with E-state index in [0.717, 1.165) is 16.3 Å². The summed E-state index contributed by atoms with van der Waals surface area (Å²) < 4.78 is 12.6. The molecule has 2 aromatic carbocycles. The molecule has 0 bridgehead atoms. The second-order valence-corrected chi connectivity index (χ2v) is 15.1. The summed E-state index contributed by atoms with van der Waals surface area (Å²) in [4.78, 5) is 67.0. The number of hydrogen-bond donors (Lipinski definition) is 4. The summed E-state index contributed by atoms with van der Waals surface area (Å²) in [7, 11) is 0. The molecule has 0 aliphatic carbocycles. The van der Waals surface area contributed by atoms with E-state index in [-0.39, 0.29) is 43.2 Å². The molecule has 0 radical (unpaired) electrons. The van der Waals surface area contributed by atoms with Crippen LogP contribution in [0, 0.1) is 5.92 Å². The maximum atomic E-state index is 13.8. The number of carbonyl (C=O) groups excluding carboxylic acids is 5. The van der Waals surface area contributed by atoms with E-state index in [9.17, 15) is 29.1 Å². The van der Waals surface area contributed by atoms with E-state index >= 15 is 0 Å². The Bertz CT molecular complexity index is 1730. The van der Waals surface area contributed by atoms with Crippen molar-refractivity contribution in [3.63, 3.8) is 0 Å². The Labute approximate surface area is 308 Å². The Hall–Kier alpha value is -4.69. The molecule has 4 amide bonds. The van der Waals surface area contributed by atoms with Gasteiger partial charge in [-0.15, -0.1) is 11.8 Å². The Kier molecular flexibility index (Phi) is 14.0. The maximum Gasteiger partial charge on any atom is 0.372 e. The van der Waals surface area contributed by atoms with E-state index in [1.807, 2.05) is 57.2 Å². The lowest BCUT2D eigenvalue weighted by Crippen LogP contribution is -2.60. The predicted molar refractivity (Wildman–Crippen MR) is 197 cm³/mol. The van der Waals surface area contributed by atoms with Crippen LogP contribution < -0.4 is 25.3 Å². The first-order chi connectivity index (χ1) is 24.7. The Morgan fingerprint density at radius 1 is 1.02 bits per heavy atom. The number of aromatic nitrogens is 1. The number of rotatable bonds is 15. The highest BCUT2D eigenvalue weighted by atomic mass is 32.2. The summed E-state index contributed by atoms with van der Waals surface area (Å²) in [5.41, 5.74) is 0.269. The first-order valence-electron chi connectivity index (χ1n) is 17.4. The topological polar surface area (TPSA) is 167 Å². The smallest absolute Gasteiger partial charge is 0.372 e. The van der Waals surface area contributed by atoms with Crippen molar-refractivity contribution >= 4 is 52.1 Å². The van der Waals surface area contributed by atoms with E-state index in [1.165, 1.54) is 16.7 Å². The number of pyridine rings is 1. The Morgan fingerprint density at radius 3 is 2.42 bits per heavy atom. The summed E-state index contributed by atoms with van der Waals surface area (Å²) in [6.07, 6.45) is 1.97. The van der Waals surface area contributed by atoms with Gasteiger partial charge < -0.3 is 35.4 Å². The molecule has 1 aliphatic rings. The van der Waals surface area contributed by atoms with Gasteiger partial charge in [0.25, 0.3) is 11.8 Å². The molecule has 4 atom stereocenters. The molecule has 1 fully saturated rings. The third-order valence-corrected chi connectivity index (χ3v) is 9.32. The normalized spacial score (nSPS) is 16.2. The molecule has 1 saturated heterocycles. The average Bonchev–Trinajstić information content (AvgIpc) is 3.59. The third-order valence-electron chi connectivity index (χ3n) is 8.31. The number of fused-ring (bicyclic) bond motifs is 1. The average molecular weight is 737 g/mol. The lowest BCUT2D eigenvalue weighted by atomic mass is 9.97. The van der Waals surface area contributed by atoms with Gasteiger partial charge in [-0.3, -0.25) is 19.2 Å². The molecule has 0 saturated carbocycles. The molecule has 1 aliphatic heterocycles. The molecule has 2 heterocycles. The lowest BCUT2D eigenvalue weighted by Gasteiger charge is -2.32. The van der Waals surface area contributed by atoms with E-state index in [2.05, 4.69) is 16.0 Å². The van der Waals surface area contributed by atoms with Crippen LogP contribution >= 0.6 is 11.8 Å². The van der Waals surface area contributed by atoms with Gasteiger partial charge in [0.1, 0.15) is 17.8 Å². The summed E-state index contributed by atoms with van der Waals surface area (Å²) >= 11 is 1.41. The molecule has 0 unspecified atom stereocenters. The molecule has 4 N–H and O–H groups in total. The van der Waals surface area contributed by atoms with Gasteiger partial charge in [-0.2, -0.15) is 4.57 Å². The van der Waals surface area contributed by atoms with E-state index in [1.54, 1.807) is 55.9 Å². The van der Waals surface area contributed by atoms with Crippen molar-refractivity contribution in [2.75, 3.05) is 24.8 Å². The van der Waals surface area contributed by atoms with Gasteiger partial charge >= 0.3 is 5.97 Å². The van der Waals surface area contributed by atoms with Crippen LogP contribution in [0.25, 0.3) is 10.8 Å². The fourth-order valence-electron chi connectivity index (χ4n) is 5.77. The SMILES string of the molecule is CCOC(=O)C[n+]1ccc2c(OCC(=O)N[C@H](C(=O)N[C@@H](Cc3ccccc3)[C@H](O)C(=O)N3CSC[C@H]3C(=O)NC(C)(C)C)C(C)C)cccc2c1. The van der Waals surface area contributed by atoms with Crippen molar-refractivity contribution in [1.29, 1.82) is 0 Å². The molecule has 4 rings (SSSR count). The quantitative estimate of drug-likeness (QED) is 0.135. The molecule has 14 heteroatoms. The van der Waals surface area contributed by atoms with Gasteiger partial charge in [0, 0.05) is 28.1 Å². The number of hydrogen-bond acceptors (Lipinski definition) is 9. The Balaban J connectivity index is 1.45. The molecule has 52 heavy (non-hydrogen) atoms. The standard InChI is InChI=1S/C38H49N5O8S/c1-7-50-32(45)20-42-17-16-27-26(19-42)14-11-15-30(27)51-21-31(44)40-33(24(2)3)36(48)39-28(18-25-12-9-8-10-13-25)34(46)37(49)43-23-52-22-29(43)35(47)41-38(4,5)6/h8-17,19,24,28-29,33-34,46H,7,18,20-23H2,1-6H3,(H2-,39,40,41,44,47,48)/p+1/t28-,29-,33-,34-/m0/s1. The van der Waals surface area contributed by atoms with Crippen LogP contribution in [0.1, 0.15) is 47.1 Å². The van der Waals surface area contributed by atoms with Gasteiger partial charge in [-0.05, 0) is 57.7 Å². The summed E-state index contributed by atoms with van der Waals surface area (Å²) in [5, 5.41) is 21.5. The minimum Gasteiger partial charge on any atom is -0.483 e. The van der Waals surface area contributed by atoms with E-state index in [0.29, 0.717) is 18.1 Å². The number of ether oxygens (including phenoxy) is 2. The molecule has 13 nitrogen and oxygen atoms in total. The van der Waals surface area contributed by atoms with Crippen LogP contribution in [-0.4, -0.2) is 94.2 Å². The van der Waals surface area contributed by atoms with Crippen molar-refractivity contribution in [2.45, 2.75) is 84.3 Å². The molecule has 3 aromatic rings. The Morgan fingerprint density at radius 2 is 1.75 bits per heavy atom. The highest BCUT2D eigenvalue weighted by Crippen LogP contribution is 2.25. The number of esters is 1. The van der Waals surface area contributed by atoms with Crippen LogP contribution in [0.5, 0.6) is 5.75 Å². The van der Waals surface area contributed by atoms with Crippen LogP contribution in [0.4, 0.5) is 0 Å². The highest BCUT2D eigenvalue weighted by Gasteiger charge is 2.41. The molecule has 0 spiro atoms. The molecule has 1 aromatic heterocycles. The number of amides is 4. The zero-order valence-electron chi connectivity index (χ0n) is 30.6. The van der Waals surface area contributed by atoms with Crippen molar-refractivity contribution < 1.29 is 43.1 Å². The zero-order valence-corrected chi connectivity index (χ0v) is 31.4. The largest absolute Gasteiger partial charge is 0.483 e. The number of benzene rings is 2. The number of carbonyl (C=O) groups is 5. The fourth-order valence-corrected chi connectivity index (χ4v) is 6.94. The van der Waals surface area contributed by atoms with Crippen molar-refractivity contribution in [3.05, 3.63) is 72.6 Å². The molecular weight excluding hydrogens is 687 g/mol. The van der Waals surface area contributed by atoms with Gasteiger partial charge in [-0.1, -0.05) is 50.2 Å². The van der Waals surface area contributed by atoms with Gasteiger partial charge in [0.05, 0.1) is 18.5 Å². The first kappa shape index (κ1) is 40.1. The number of nitrogens with zero attached hydrogens (tertiary/aromatic N) is 2. The summed E-state index contributed by atoms with van der Waals surface area (Å²) in [6.45, 7) is 10.8. The number of aliphatic hydroxyl groups is 1. The monoisotopic (exact) mass is 736 g/mol. The molecule has 280 valence electrons. The van der Waals surface area contributed by atoms with Gasteiger partial charge in [0.15, 0.2) is 25.1 Å². The second-order valence-electron chi connectivity index (χ2n) is 14.1. The third kappa shape index (κ3) is 11.2. The fraction of sp³-hybridized carbons (Fsp3) is 0.474. The van der Waals surface area contributed by atoms with Crippen LogP contribution in [0.3, 0.4) is 0 Å². The van der Waals surface area contributed by atoms with Crippen molar-refractivity contribution in [2.24, 2.45) is 5.92 Å². The first-order valence-corrected chi connectivity index (χ1v) is 18.5. The number of thioether (sulfide) groups is 1. The minimum absolute atomic E-state index is 0.0553. The van der Waals surface area contributed by atoms with Gasteiger partial charge in [-0.25, -0.2) is 4.79 Å². The van der Waals surface area contributed by atoms with Crippen molar-refractivity contribution in [3.8, 4) is 5.75 Å².